The SMILES string of the molecule is CB(O)NCC(O)C[n+]1cccc(C[C-](C)P(=O)(O)O)c1.[Y]. The third kappa shape index (κ3) is 8.84. The van der Waals surface area contributed by atoms with Gasteiger partial charge in [-0.2, -0.15) is 12.6 Å². The van der Waals surface area contributed by atoms with Gasteiger partial charge in [0.25, 0.3) is 0 Å². The van der Waals surface area contributed by atoms with Crippen LogP contribution in [-0.4, -0.2) is 39.6 Å². The van der Waals surface area contributed by atoms with Crippen molar-refractivity contribution >= 4 is 14.6 Å². The molecule has 10 heteroatoms. The number of hydrogen-bond donors (Lipinski definition) is 5. The molecule has 1 radical (unpaired) electrons. The molecule has 0 spiro atoms. The van der Waals surface area contributed by atoms with Gasteiger partial charge in [-0.1, -0.05) is 0 Å². The topological polar surface area (TPSA) is 114 Å². The van der Waals surface area contributed by atoms with Gasteiger partial charge in [0.05, 0.1) is 0 Å². The molecule has 1 unspecified atom stereocenters. The van der Waals surface area contributed by atoms with E-state index in [0.29, 0.717) is 6.54 Å². The van der Waals surface area contributed by atoms with Crippen LogP contribution in [0.5, 0.6) is 0 Å². The van der Waals surface area contributed by atoms with E-state index in [9.17, 15) is 9.67 Å². The minimum Gasteiger partial charge on any atom is -0.437 e. The summed E-state index contributed by atoms with van der Waals surface area (Å²) in [5.41, 5.74) is 0.866. The van der Waals surface area contributed by atoms with Crippen LogP contribution < -0.4 is 9.79 Å². The fourth-order valence-corrected chi connectivity index (χ4v) is 2.20. The molecule has 0 amide bonds. The molecule has 1 rings (SSSR count). The minimum absolute atomic E-state index is 0. The van der Waals surface area contributed by atoms with Gasteiger partial charge in [0.1, 0.15) is 6.10 Å². The first kappa shape index (κ1) is 22.3. The monoisotopic (exact) mass is 405 g/mol. The summed E-state index contributed by atoms with van der Waals surface area (Å²) in [5.74, 6) is 0. The van der Waals surface area contributed by atoms with Crippen LogP contribution in [0.2, 0.25) is 6.82 Å². The van der Waals surface area contributed by atoms with Crippen molar-refractivity contribution in [1.82, 2.24) is 5.23 Å². The first-order valence-corrected chi connectivity index (χ1v) is 8.25. The second-order valence-corrected chi connectivity index (χ2v) is 6.95. The Bertz CT molecular complexity index is 502. The van der Waals surface area contributed by atoms with Gasteiger partial charge in [0, 0.05) is 45.3 Å². The molecule has 7 nitrogen and oxygen atoms in total. The van der Waals surface area contributed by atoms with Crippen LogP contribution >= 0.6 is 7.60 Å². The summed E-state index contributed by atoms with van der Waals surface area (Å²) in [6, 6.07) is 3.53. The number of rotatable bonds is 8. The zero-order chi connectivity index (χ0) is 16.0. The predicted octanol–water partition coefficient (Wildman–Crippen LogP) is -0.696. The zero-order valence-corrected chi connectivity index (χ0v) is 16.5. The molecule has 1 atom stereocenters. The Balaban J connectivity index is 0.00000441. The number of aromatic nitrogens is 1. The Morgan fingerprint density at radius 1 is 1.50 bits per heavy atom. The molecule has 0 aromatic carbocycles. The molecule has 0 aliphatic heterocycles. The van der Waals surface area contributed by atoms with Crippen molar-refractivity contribution in [3.8, 4) is 0 Å². The third-order valence-electron chi connectivity index (χ3n) is 2.95. The van der Waals surface area contributed by atoms with Crippen LogP contribution in [0, 0.1) is 5.66 Å². The Morgan fingerprint density at radius 3 is 2.68 bits per heavy atom. The van der Waals surface area contributed by atoms with Crippen LogP contribution in [0.25, 0.3) is 0 Å². The molecule has 1 aromatic rings. The summed E-state index contributed by atoms with van der Waals surface area (Å²) in [4.78, 5) is 18.2. The number of aliphatic hydroxyl groups is 1. The maximum atomic E-state index is 11.1. The molecular formula is C12H22BN2O5PY. The van der Waals surface area contributed by atoms with Gasteiger partial charge in [-0.15, -0.1) is 6.42 Å². The molecule has 1 aromatic heterocycles. The first-order chi connectivity index (χ1) is 9.68. The van der Waals surface area contributed by atoms with Crippen LogP contribution in [-0.2, 0) is 50.2 Å². The molecular weight excluding hydrogens is 383 g/mol. The molecule has 0 aliphatic carbocycles. The maximum absolute atomic E-state index is 11.1. The molecule has 0 saturated heterocycles. The molecule has 0 aliphatic rings. The van der Waals surface area contributed by atoms with Gasteiger partial charge in [-0.25, -0.2) is 4.57 Å². The summed E-state index contributed by atoms with van der Waals surface area (Å²) in [7, 11) is -4.85. The van der Waals surface area contributed by atoms with Crippen molar-refractivity contribution in [2.45, 2.75) is 32.8 Å². The molecule has 0 fully saturated rings. The molecule has 1 heterocycles. The van der Waals surface area contributed by atoms with Gasteiger partial charge in [-0.05, 0) is 18.5 Å². The molecule has 22 heavy (non-hydrogen) atoms. The predicted molar refractivity (Wildman–Crippen MR) is 79.1 cm³/mol. The number of pyridine rings is 1. The molecule has 0 bridgehead atoms. The Labute approximate surface area is 156 Å². The number of nitrogens with one attached hydrogen (secondary N) is 1. The van der Waals surface area contributed by atoms with Crippen LogP contribution in [0.3, 0.4) is 0 Å². The molecule has 0 saturated carbocycles. The van der Waals surface area contributed by atoms with Gasteiger partial charge >= 0.3 is 7.05 Å². The van der Waals surface area contributed by atoms with Crippen molar-refractivity contribution in [2.24, 2.45) is 0 Å². The van der Waals surface area contributed by atoms with Gasteiger partial charge in [0.15, 0.2) is 26.5 Å². The van der Waals surface area contributed by atoms with E-state index in [0.717, 1.165) is 5.56 Å². The smallest absolute Gasteiger partial charge is 0.373 e. The Morgan fingerprint density at radius 2 is 2.14 bits per heavy atom. The standard InChI is InChI=1S/C12H22BN2O5P.Y/c1-10(21(18,19)20)6-11-4-3-5-15(8-11)9-12(16)7-14-13(2)17;/h3-5,8,12,14,16-17H,6-7,9H2,1-2H3,(H2,18,19,20);. The van der Waals surface area contributed by atoms with E-state index in [4.69, 9.17) is 14.8 Å². The Kier molecular flexibility index (Phi) is 10.4. The van der Waals surface area contributed by atoms with Crippen molar-refractivity contribution < 1.29 is 61.8 Å². The molecule has 5 N–H and O–H groups in total. The zero-order valence-electron chi connectivity index (χ0n) is 12.8. The second-order valence-electron chi connectivity index (χ2n) is 5.10. The van der Waals surface area contributed by atoms with Crippen LogP contribution in [0.4, 0.5) is 0 Å². The average molecular weight is 405 g/mol. The quantitative estimate of drug-likeness (QED) is 0.169. The largest absolute Gasteiger partial charge is 0.437 e. The fraction of sp³-hybridized carbons (Fsp3) is 0.500. The van der Waals surface area contributed by atoms with Crippen molar-refractivity contribution in [3.63, 3.8) is 0 Å². The third-order valence-corrected chi connectivity index (χ3v) is 4.10. The van der Waals surface area contributed by atoms with Crippen molar-refractivity contribution in [3.05, 3.63) is 35.7 Å². The first-order valence-electron chi connectivity index (χ1n) is 6.64. The molecule has 121 valence electrons. The van der Waals surface area contributed by atoms with E-state index in [1.54, 1.807) is 35.9 Å². The summed E-state index contributed by atoms with van der Waals surface area (Å²) in [6.45, 7) is 3.58. The maximum Gasteiger partial charge on any atom is 0.373 e. The summed E-state index contributed by atoms with van der Waals surface area (Å²) < 4.78 is 12.9. The van der Waals surface area contributed by atoms with E-state index in [1.165, 1.54) is 6.92 Å². The van der Waals surface area contributed by atoms with Gasteiger partial charge < -0.3 is 25.1 Å². The number of hydrogen-bond acceptors (Lipinski definition) is 4. The van der Waals surface area contributed by atoms with Crippen LogP contribution in [0.15, 0.2) is 24.5 Å². The van der Waals surface area contributed by atoms with Crippen LogP contribution in [0.1, 0.15) is 12.5 Å². The summed E-state index contributed by atoms with van der Waals surface area (Å²) in [6.07, 6.45) is 3.02. The summed E-state index contributed by atoms with van der Waals surface area (Å²) in [5, 5.41) is 21.6. The normalized spacial score (nSPS) is 12.9. The van der Waals surface area contributed by atoms with Crippen molar-refractivity contribution in [1.29, 1.82) is 0 Å². The van der Waals surface area contributed by atoms with Gasteiger partial charge in [-0.3, -0.25) is 4.57 Å². The minimum atomic E-state index is -4.17. The summed E-state index contributed by atoms with van der Waals surface area (Å²) >= 11 is 0. The van der Waals surface area contributed by atoms with E-state index < -0.39 is 20.8 Å². The van der Waals surface area contributed by atoms with E-state index in [1.807, 2.05) is 0 Å². The Hall–Kier alpha value is 0.349. The average Bonchev–Trinajstić information content (AvgIpc) is 2.35. The second kappa shape index (κ2) is 10.3. The van der Waals surface area contributed by atoms with E-state index in [2.05, 4.69) is 5.23 Å². The van der Waals surface area contributed by atoms with Gasteiger partial charge in [0.2, 0.25) is 0 Å². The number of aliphatic hydroxyl groups excluding tert-OH is 1. The van der Waals surface area contributed by atoms with E-state index >= 15 is 0 Å². The number of nitrogens with zero attached hydrogens (tertiary/aromatic N) is 1. The fourth-order valence-electron chi connectivity index (χ4n) is 1.81. The van der Waals surface area contributed by atoms with Crippen molar-refractivity contribution in [2.75, 3.05) is 6.54 Å². The van der Waals surface area contributed by atoms with E-state index in [-0.39, 0.29) is 51.3 Å².